The van der Waals surface area contributed by atoms with Gasteiger partial charge in [-0.15, -0.1) is 0 Å². The van der Waals surface area contributed by atoms with Crippen LogP contribution in [0.15, 0.2) is 18.2 Å². The van der Waals surface area contributed by atoms with E-state index in [4.69, 9.17) is 11.6 Å². The summed E-state index contributed by atoms with van der Waals surface area (Å²) in [6.07, 6.45) is -1.36. The van der Waals surface area contributed by atoms with Crippen molar-refractivity contribution in [3.63, 3.8) is 0 Å². The molecule has 0 saturated carbocycles. The second-order valence-corrected chi connectivity index (χ2v) is 3.94. The topological polar surface area (TPSA) is 69.6 Å². The molecular weight excluding hydrogens is 230 g/mol. The minimum atomic E-state index is -1.06. The fourth-order valence-electron chi connectivity index (χ4n) is 1.42. The van der Waals surface area contributed by atoms with Gasteiger partial charge in [-0.2, -0.15) is 0 Å². The monoisotopic (exact) mass is 243 g/mol. The number of aldehydes is 1. The Morgan fingerprint density at radius 1 is 1.44 bits per heavy atom. The van der Waals surface area contributed by atoms with Gasteiger partial charge < -0.3 is 15.5 Å². The van der Waals surface area contributed by atoms with Crippen molar-refractivity contribution >= 4 is 17.9 Å². The number of carbonyl (C=O) groups excluding carboxylic acids is 1. The van der Waals surface area contributed by atoms with Gasteiger partial charge in [0.2, 0.25) is 0 Å². The zero-order chi connectivity index (χ0) is 12.1. The van der Waals surface area contributed by atoms with Crippen LogP contribution in [0.25, 0.3) is 0 Å². The third-order valence-corrected chi connectivity index (χ3v) is 2.42. The fourth-order valence-corrected chi connectivity index (χ4v) is 1.67. The Balaban J connectivity index is 2.93. The van der Waals surface area contributed by atoms with Crippen molar-refractivity contribution in [1.82, 2.24) is 5.32 Å². The normalized spacial score (nSPS) is 14.5. The summed E-state index contributed by atoms with van der Waals surface area (Å²) in [5, 5.41) is 22.5. The van der Waals surface area contributed by atoms with Crippen LogP contribution in [-0.4, -0.2) is 36.2 Å². The van der Waals surface area contributed by atoms with E-state index >= 15 is 0 Å². The first kappa shape index (κ1) is 13.1. The first-order valence-electron chi connectivity index (χ1n) is 4.85. The highest BCUT2D eigenvalue weighted by Gasteiger charge is 2.18. The lowest BCUT2D eigenvalue weighted by Crippen LogP contribution is -2.29. The lowest BCUT2D eigenvalue weighted by atomic mass is 10.0. The minimum Gasteiger partial charge on any atom is -0.389 e. The number of nitrogens with one attached hydrogen (secondary N) is 1. The maximum atomic E-state index is 10.6. The molecule has 0 aromatic heterocycles. The van der Waals surface area contributed by atoms with Crippen LogP contribution in [-0.2, 0) is 0 Å². The molecule has 3 N–H and O–H groups in total. The molecule has 0 aliphatic heterocycles. The highest BCUT2D eigenvalue weighted by atomic mass is 35.5. The maximum Gasteiger partial charge on any atom is 0.150 e. The quantitative estimate of drug-likeness (QED) is 0.668. The van der Waals surface area contributed by atoms with Crippen molar-refractivity contribution in [2.75, 3.05) is 13.6 Å². The molecule has 1 aromatic carbocycles. The molecule has 0 spiro atoms. The summed E-state index contributed by atoms with van der Waals surface area (Å²) < 4.78 is 0. The Morgan fingerprint density at radius 3 is 2.69 bits per heavy atom. The number of carbonyl (C=O) groups is 1. The fraction of sp³-hybridized carbons (Fsp3) is 0.364. The van der Waals surface area contributed by atoms with Crippen LogP contribution >= 0.6 is 11.6 Å². The largest absolute Gasteiger partial charge is 0.389 e. The minimum absolute atomic E-state index is 0.254. The summed E-state index contributed by atoms with van der Waals surface area (Å²) in [4.78, 5) is 10.6. The molecule has 0 aliphatic rings. The van der Waals surface area contributed by atoms with Crippen LogP contribution < -0.4 is 5.32 Å². The molecule has 0 heterocycles. The number of aliphatic hydroxyl groups excluding tert-OH is 2. The van der Waals surface area contributed by atoms with Crippen molar-refractivity contribution in [2.45, 2.75) is 12.2 Å². The van der Waals surface area contributed by atoms with E-state index in [9.17, 15) is 15.0 Å². The standard InChI is InChI=1S/C11H14ClNO3/c1-13-5-10(15)11(16)8-2-7(6-14)3-9(12)4-8/h2-4,6,10-11,13,15-16H,5H2,1H3. The third kappa shape index (κ3) is 3.28. The van der Waals surface area contributed by atoms with E-state index in [1.54, 1.807) is 7.05 Å². The molecule has 16 heavy (non-hydrogen) atoms. The summed E-state index contributed by atoms with van der Waals surface area (Å²) in [6, 6.07) is 4.52. The van der Waals surface area contributed by atoms with Gasteiger partial charge in [-0.05, 0) is 30.8 Å². The van der Waals surface area contributed by atoms with Gasteiger partial charge >= 0.3 is 0 Å². The Bertz CT molecular complexity index is 370. The van der Waals surface area contributed by atoms with Crippen LogP contribution in [0.4, 0.5) is 0 Å². The predicted molar refractivity (Wildman–Crippen MR) is 61.7 cm³/mol. The van der Waals surface area contributed by atoms with E-state index in [1.807, 2.05) is 0 Å². The molecular formula is C11H14ClNO3. The lowest BCUT2D eigenvalue weighted by Gasteiger charge is -2.18. The Kier molecular flexibility index (Phi) is 4.89. The number of aliphatic hydroxyl groups is 2. The molecule has 0 aliphatic carbocycles. The van der Waals surface area contributed by atoms with Crippen LogP contribution in [0.5, 0.6) is 0 Å². The van der Waals surface area contributed by atoms with Gasteiger partial charge in [0.25, 0.3) is 0 Å². The SMILES string of the molecule is CNCC(O)C(O)c1cc(Cl)cc(C=O)c1. The number of rotatable bonds is 5. The second-order valence-electron chi connectivity index (χ2n) is 3.51. The van der Waals surface area contributed by atoms with E-state index in [2.05, 4.69) is 5.32 Å². The average molecular weight is 244 g/mol. The molecule has 1 aromatic rings. The summed E-state index contributed by atoms with van der Waals surface area (Å²) >= 11 is 5.79. The molecule has 2 unspecified atom stereocenters. The number of likely N-dealkylation sites (N-methyl/N-ethyl adjacent to an activating group) is 1. The number of benzene rings is 1. The first-order chi connectivity index (χ1) is 7.58. The van der Waals surface area contributed by atoms with Crippen molar-refractivity contribution in [3.8, 4) is 0 Å². The molecule has 0 amide bonds. The molecule has 1 rings (SSSR count). The zero-order valence-corrected chi connectivity index (χ0v) is 9.61. The van der Waals surface area contributed by atoms with Gasteiger partial charge in [-0.25, -0.2) is 0 Å². The number of halogens is 1. The van der Waals surface area contributed by atoms with Gasteiger partial charge in [-0.1, -0.05) is 11.6 Å². The molecule has 88 valence electrons. The molecule has 0 saturated heterocycles. The van der Waals surface area contributed by atoms with Crippen LogP contribution in [0.3, 0.4) is 0 Å². The van der Waals surface area contributed by atoms with E-state index in [-0.39, 0.29) is 6.54 Å². The van der Waals surface area contributed by atoms with Crippen molar-refractivity contribution in [2.24, 2.45) is 0 Å². The van der Waals surface area contributed by atoms with Crippen molar-refractivity contribution in [3.05, 3.63) is 34.3 Å². The molecule has 0 bridgehead atoms. The van der Waals surface area contributed by atoms with E-state index in [1.165, 1.54) is 18.2 Å². The highest BCUT2D eigenvalue weighted by molar-refractivity contribution is 6.30. The predicted octanol–water partition coefficient (Wildman–Crippen LogP) is 0.766. The number of hydrogen-bond acceptors (Lipinski definition) is 4. The lowest BCUT2D eigenvalue weighted by molar-refractivity contribution is 0.0202. The van der Waals surface area contributed by atoms with Crippen LogP contribution in [0.2, 0.25) is 5.02 Å². The molecule has 2 atom stereocenters. The first-order valence-corrected chi connectivity index (χ1v) is 5.22. The average Bonchev–Trinajstić information content (AvgIpc) is 2.27. The smallest absolute Gasteiger partial charge is 0.150 e. The van der Waals surface area contributed by atoms with Gasteiger partial charge in [0, 0.05) is 17.1 Å². The van der Waals surface area contributed by atoms with Gasteiger partial charge in [0.15, 0.2) is 0 Å². The highest BCUT2D eigenvalue weighted by Crippen LogP contribution is 2.22. The Labute approximate surface area is 98.9 Å². The molecule has 0 radical (unpaired) electrons. The van der Waals surface area contributed by atoms with Crippen molar-refractivity contribution < 1.29 is 15.0 Å². The van der Waals surface area contributed by atoms with Gasteiger partial charge in [0.1, 0.15) is 12.4 Å². The molecule has 4 nitrogen and oxygen atoms in total. The van der Waals surface area contributed by atoms with Crippen molar-refractivity contribution in [1.29, 1.82) is 0 Å². The number of hydrogen-bond donors (Lipinski definition) is 3. The zero-order valence-electron chi connectivity index (χ0n) is 8.85. The van der Waals surface area contributed by atoms with E-state index in [0.717, 1.165) is 0 Å². The third-order valence-electron chi connectivity index (χ3n) is 2.20. The Morgan fingerprint density at radius 2 is 2.12 bits per heavy atom. The Hall–Kier alpha value is -0.940. The summed E-state index contributed by atoms with van der Waals surface area (Å²) in [5.74, 6) is 0. The maximum absolute atomic E-state index is 10.6. The molecule has 0 fully saturated rings. The van der Waals surface area contributed by atoms with Crippen LogP contribution in [0.1, 0.15) is 22.0 Å². The van der Waals surface area contributed by atoms with Crippen LogP contribution in [0, 0.1) is 0 Å². The summed E-state index contributed by atoms with van der Waals surface area (Å²) in [7, 11) is 1.67. The summed E-state index contributed by atoms with van der Waals surface area (Å²) in [6.45, 7) is 0.254. The molecule has 5 heteroatoms. The second kappa shape index (κ2) is 5.96. The van der Waals surface area contributed by atoms with E-state index < -0.39 is 12.2 Å². The van der Waals surface area contributed by atoms with E-state index in [0.29, 0.717) is 22.4 Å². The van der Waals surface area contributed by atoms with Gasteiger partial charge in [0.05, 0.1) is 6.10 Å². The summed E-state index contributed by atoms with van der Waals surface area (Å²) in [5.41, 5.74) is 0.801. The van der Waals surface area contributed by atoms with Gasteiger partial charge in [-0.3, -0.25) is 4.79 Å².